The van der Waals surface area contributed by atoms with Crippen LogP contribution in [0.5, 0.6) is 0 Å². The lowest BCUT2D eigenvalue weighted by atomic mass is 9.89. The van der Waals surface area contributed by atoms with E-state index in [4.69, 9.17) is 9.66 Å². The number of aromatic nitrogens is 3. The van der Waals surface area contributed by atoms with Crippen LogP contribution in [0.4, 0.5) is 0 Å². The summed E-state index contributed by atoms with van der Waals surface area (Å²) in [6.07, 6.45) is 6.05. The fourth-order valence-corrected chi connectivity index (χ4v) is 4.37. The van der Waals surface area contributed by atoms with Crippen LogP contribution in [-0.4, -0.2) is 41.5 Å². The van der Waals surface area contributed by atoms with E-state index in [1.165, 1.54) is 24.0 Å². The molecule has 2 aromatic heterocycles. The highest BCUT2D eigenvalue weighted by Gasteiger charge is 2.27. The Balaban J connectivity index is 1.40. The standard InChI is InChI=1S/C21H25N5O3S/c1-15(26-9-7-17(8-10-26)11-16-5-3-2-4-6-16)21-24-20(25-29-21)18-12-19(14-23-13-18)30(22,27)28/h2-6,12-15,17H,7-11H2,1H3,(H2,22,27,28). The van der Waals surface area contributed by atoms with Crippen molar-refractivity contribution in [3.63, 3.8) is 0 Å². The molecule has 0 radical (unpaired) electrons. The Hall–Kier alpha value is -2.62. The van der Waals surface area contributed by atoms with Gasteiger partial charge in [0.05, 0.1) is 6.04 Å². The van der Waals surface area contributed by atoms with E-state index in [-0.39, 0.29) is 10.9 Å². The van der Waals surface area contributed by atoms with Gasteiger partial charge in [-0.15, -0.1) is 0 Å². The molecule has 1 aliphatic heterocycles. The van der Waals surface area contributed by atoms with E-state index in [0.717, 1.165) is 32.4 Å². The molecule has 0 saturated carbocycles. The lowest BCUT2D eigenvalue weighted by Crippen LogP contribution is -2.36. The number of likely N-dealkylation sites (tertiary alicyclic amines) is 1. The Bertz CT molecular complexity index is 1090. The summed E-state index contributed by atoms with van der Waals surface area (Å²) in [5.74, 6) is 1.49. The summed E-state index contributed by atoms with van der Waals surface area (Å²) >= 11 is 0. The molecule has 1 atom stereocenters. The van der Waals surface area contributed by atoms with E-state index < -0.39 is 10.0 Å². The predicted molar refractivity (Wildman–Crippen MR) is 112 cm³/mol. The van der Waals surface area contributed by atoms with E-state index in [1.54, 1.807) is 0 Å². The Morgan fingerprint density at radius 2 is 1.93 bits per heavy atom. The van der Waals surface area contributed by atoms with Gasteiger partial charge in [0.25, 0.3) is 0 Å². The van der Waals surface area contributed by atoms with Gasteiger partial charge in [-0.2, -0.15) is 4.98 Å². The first kappa shape index (κ1) is 20.6. The van der Waals surface area contributed by atoms with Gasteiger partial charge in [-0.05, 0) is 56.8 Å². The number of benzene rings is 1. The molecule has 9 heteroatoms. The molecule has 3 heterocycles. The van der Waals surface area contributed by atoms with Crippen molar-refractivity contribution in [1.29, 1.82) is 0 Å². The van der Waals surface area contributed by atoms with Gasteiger partial charge < -0.3 is 4.52 Å². The lowest BCUT2D eigenvalue weighted by molar-refractivity contribution is 0.119. The van der Waals surface area contributed by atoms with E-state index in [0.29, 0.717) is 23.2 Å². The molecule has 4 rings (SSSR count). The largest absolute Gasteiger partial charge is 0.337 e. The van der Waals surface area contributed by atoms with Crippen LogP contribution < -0.4 is 5.14 Å². The first-order chi connectivity index (χ1) is 14.4. The van der Waals surface area contributed by atoms with E-state index in [1.807, 2.05) is 13.0 Å². The van der Waals surface area contributed by atoms with Gasteiger partial charge in [0.1, 0.15) is 4.90 Å². The van der Waals surface area contributed by atoms with Gasteiger partial charge in [-0.3, -0.25) is 9.88 Å². The van der Waals surface area contributed by atoms with Gasteiger partial charge in [-0.25, -0.2) is 13.6 Å². The first-order valence-corrected chi connectivity index (χ1v) is 11.5. The molecule has 1 fully saturated rings. The summed E-state index contributed by atoms with van der Waals surface area (Å²) in [4.78, 5) is 10.7. The summed E-state index contributed by atoms with van der Waals surface area (Å²) < 4.78 is 28.6. The smallest absolute Gasteiger partial charge is 0.244 e. The number of sulfonamides is 1. The maximum absolute atomic E-state index is 11.5. The molecule has 3 aromatic rings. The lowest BCUT2D eigenvalue weighted by Gasteiger charge is -2.34. The number of hydrogen-bond acceptors (Lipinski definition) is 7. The number of rotatable bonds is 6. The third kappa shape index (κ3) is 4.75. The van der Waals surface area contributed by atoms with Crippen molar-refractivity contribution >= 4 is 10.0 Å². The second-order valence-corrected chi connectivity index (χ2v) is 9.32. The van der Waals surface area contributed by atoms with E-state index >= 15 is 0 Å². The molecule has 8 nitrogen and oxygen atoms in total. The summed E-state index contributed by atoms with van der Waals surface area (Å²) in [5, 5.41) is 9.18. The van der Waals surface area contributed by atoms with Crippen molar-refractivity contribution in [2.24, 2.45) is 11.1 Å². The molecule has 0 spiro atoms. The molecule has 1 unspecified atom stereocenters. The molecular weight excluding hydrogens is 402 g/mol. The van der Waals surface area contributed by atoms with Crippen LogP contribution in [0.25, 0.3) is 11.4 Å². The predicted octanol–water partition coefficient (Wildman–Crippen LogP) is 2.79. The molecular formula is C21H25N5O3S. The van der Waals surface area contributed by atoms with Crippen LogP contribution >= 0.6 is 0 Å². The normalized spacial score (nSPS) is 17.1. The van der Waals surface area contributed by atoms with Crippen LogP contribution in [0, 0.1) is 5.92 Å². The van der Waals surface area contributed by atoms with Gasteiger partial charge in [-0.1, -0.05) is 35.5 Å². The minimum atomic E-state index is -3.84. The van der Waals surface area contributed by atoms with Crippen LogP contribution in [0.3, 0.4) is 0 Å². The maximum Gasteiger partial charge on any atom is 0.244 e. The second-order valence-electron chi connectivity index (χ2n) is 7.76. The van der Waals surface area contributed by atoms with Gasteiger partial charge in [0.15, 0.2) is 0 Å². The van der Waals surface area contributed by atoms with Crippen molar-refractivity contribution in [2.75, 3.05) is 13.1 Å². The fraction of sp³-hybridized carbons (Fsp3) is 0.381. The number of nitrogens with two attached hydrogens (primary N) is 1. The topological polar surface area (TPSA) is 115 Å². The highest BCUT2D eigenvalue weighted by molar-refractivity contribution is 7.89. The Kier molecular flexibility index (Phi) is 5.94. The molecule has 1 aliphatic rings. The number of piperidine rings is 1. The number of hydrogen-bond donors (Lipinski definition) is 1. The zero-order valence-electron chi connectivity index (χ0n) is 16.8. The highest BCUT2D eigenvalue weighted by atomic mass is 32.2. The molecule has 0 aliphatic carbocycles. The van der Waals surface area contributed by atoms with Crippen molar-refractivity contribution in [3.8, 4) is 11.4 Å². The minimum absolute atomic E-state index is 0.0155. The van der Waals surface area contributed by atoms with Crippen molar-refractivity contribution < 1.29 is 12.9 Å². The zero-order chi connectivity index (χ0) is 21.1. The number of nitrogens with zero attached hydrogens (tertiary/aromatic N) is 4. The average molecular weight is 428 g/mol. The zero-order valence-corrected chi connectivity index (χ0v) is 17.6. The maximum atomic E-state index is 11.5. The Morgan fingerprint density at radius 1 is 1.20 bits per heavy atom. The molecule has 1 aromatic carbocycles. The fourth-order valence-electron chi connectivity index (χ4n) is 3.87. The minimum Gasteiger partial charge on any atom is -0.337 e. The third-order valence-corrected chi connectivity index (χ3v) is 6.54. The number of primary sulfonamides is 1. The highest BCUT2D eigenvalue weighted by Crippen LogP contribution is 2.29. The summed E-state index contributed by atoms with van der Waals surface area (Å²) in [6, 6.07) is 12.0. The van der Waals surface area contributed by atoms with Crippen LogP contribution in [-0.2, 0) is 16.4 Å². The summed E-state index contributed by atoms with van der Waals surface area (Å²) in [7, 11) is -3.84. The second kappa shape index (κ2) is 8.63. The number of pyridine rings is 1. The SMILES string of the molecule is CC(c1nc(-c2cncc(S(N)(=O)=O)c2)no1)N1CCC(Cc2ccccc2)CC1. The van der Waals surface area contributed by atoms with Crippen molar-refractivity contribution in [1.82, 2.24) is 20.0 Å². The van der Waals surface area contributed by atoms with E-state index in [2.05, 4.69) is 44.3 Å². The molecule has 0 bridgehead atoms. The molecule has 0 amide bonds. The first-order valence-electron chi connectivity index (χ1n) is 10.00. The van der Waals surface area contributed by atoms with Gasteiger partial charge in [0.2, 0.25) is 21.7 Å². The van der Waals surface area contributed by atoms with Gasteiger partial charge >= 0.3 is 0 Å². The Morgan fingerprint density at radius 3 is 2.63 bits per heavy atom. The quantitative estimate of drug-likeness (QED) is 0.643. The summed E-state index contributed by atoms with van der Waals surface area (Å²) in [5.41, 5.74) is 1.84. The van der Waals surface area contributed by atoms with Crippen molar-refractivity contribution in [3.05, 3.63) is 60.2 Å². The third-order valence-electron chi connectivity index (χ3n) is 5.66. The summed E-state index contributed by atoms with van der Waals surface area (Å²) in [6.45, 7) is 3.99. The van der Waals surface area contributed by atoms with Gasteiger partial charge in [0, 0.05) is 18.0 Å². The monoisotopic (exact) mass is 427 g/mol. The molecule has 30 heavy (non-hydrogen) atoms. The van der Waals surface area contributed by atoms with Crippen LogP contribution in [0.2, 0.25) is 0 Å². The Labute approximate surface area is 176 Å². The molecule has 2 N–H and O–H groups in total. The van der Waals surface area contributed by atoms with Crippen LogP contribution in [0.15, 0.2) is 58.2 Å². The molecule has 1 saturated heterocycles. The average Bonchev–Trinajstić information content (AvgIpc) is 3.24. The van der Waals surface area contributed by atoms with Crippen LogP contribution in [0.1, 0.15) is 37.3 Å². The van der Waals surface area contributed by atoms with E-state index in [9.17, 15) is 8.42 Å². The van der Waals surface area contributed by atoms with Crippen molar-refractivity contribution in [2.45, 2.75) is 37.1 Å². The molecule has 158 valence electrons.